The molecule has 0 aromatic carbocycles. The number of carboxylic acids is 1. The predicted molar refractivity (Wildman–Crippen MR) is 107 cm³/mol. The molecule has 14 heteroatoms. The zero-order valence-electron chi connectivity index (χ0n) is 17.6. The molecule has 0 radical (unpaired) electrons. The highest BCUT2D eigenvalue weighted by atomic mass is 32.2. The fourth-order valence-corrected chi connectivity index (χ4v) is 5.12. The van der Waals surface area contributed by atoms with Gasteiger partial charge in [0.05, 0.1) is 30.7 Å². The Hall–Kier alpha value is -0.620. The van der Waals surface area contributed by atoms with Crippen LogP contribution in [0.3, 0.4) is 0 Å². The molecule has 0 aromatic rings. The van der Waals surface area contributed by atoms with Crippen LogP contribution in [0.25, 0.3) is 0 Å². The number of rotatable bonds is 10. The highest BCUT2D eigenvalue weighted by Gasteiger charge is 2.51. The first-order valence-corrected chi connectivity index (χ1v) is 11.0. The number of aliphatic hydroxyl groups excluding tert-OH is 7. The first-order valence-electron chi connectivity index (χ1n) is 10.0. The summed E-state index contributed by atoms with van der Waals surface area (Å²) in [5.74, 6) is -1.27. The number of ether oxygens (including phenoxy) is 4. The van der Waals surface area contributed by atoms with Crippen LogP contribution in [0.5, 0.6) is 0 Å². The Morgan fingerprint density at radius 1 is 0.969 bits per heavy atom. The van der Waals surface area contributed by atoms with Gasteiger partial charge in [0.2, 0.25) is 0 Å². The summed E-state index contributed by atoms with van der Waals surface area (Å²) in [6, 6.07) is 0. The number of hydrogen-bond acceptors (Lipinski definition) is 13. The average Bonchev–Trinajstić information content (AvgIpc) is 2.74. The van der Waals surface area contributed by atoms with Gasteiger partial charge in [-0.3, -0.25) is 4.79 Å². The van der Waals surface area contributed by atoms with Crippen LogP contribution < -0.4 is 0 Å². The van der Waals surface area contributed by atoms with Crippen LogP contribution in [0.15, 0.2) is 0 Å². The first-order chi connectivity index (χ1) is 15.0. The largest absolute Gasteiger partial charge is 0.480 e. The summed E-state index contributed by atoms with van der Waals surface area (Å²) < 4.78 is 21.3. The van der Waals surface area contributed by atoms with Crippen molar-refractivity contribution in [3.63, 3.8) is 0 Å². The molecule has 0 saturated carbocycles. The van der Waals surface area contributed by atoms with Crippen LogP contribution in [0.4, 0.5) is 0 Å². The van der Waals surface area contributed by atoms with Crippen LogP contribution >= 0.6 is 11.8 Å². The summed E-state index contributed by atoms with van der Waals surface area (Å²) in [5.41, 5.74) is 0. The number of aliphatic hydroxyl groups is 7. The van der Waals surface area contributed by atoms with Gasteiger partial charge in [0, 0.05) is 7.11 Å². The van der Waals surface area contributed by atoms with Gasteiger partial charge in [-0.25, -0.2) is 0 Å². The molecule has 0 spiro atoms. The summed E-state index contributed by atoms with van der Waals surface area (Å²) in [6.07, 6.45) is -14.1. The van der Waals surface area contributed by atoms with E-state index in [9.17, 15) is 45.6 Å². The molecular weight excluding hydrogens is 456 g/mol. The standard InChI is InChI=1S/C18H32O13S/c1-6(21)3-9(16(26)27)32-15-10(22)7(4-19)29-18(13(15)25)31-14-8(5-20)30-17(28-2)12(24)11(14)23/h6-15,17-25H,3-5H2,1-2H3,(H,26,27)/t6?,7-,8-,9?,10+,11-,12-,13-,14-,15+,17-,18+/m1/s1. The molecule has 188 valence electrons. The third-order valence-electron chi connectivity index (χ3n) is 5.32. The molecule has 2 unspecified atom stereocenters. The lowest BCUT2D eigenvalue weighted by atomic mass is 9.98. The minimum Gasteiger partial charge on any atom is -0.480 e. The van der Waals surface area contributed by atoms with E-state index < -0.39 is 91.1 Å². The molecule has 0 aromatic heterocycles. The Bertz CT molecular complexity index is 593. The van der Waals surface area contributed by atoms with Crippen molar-refractivity contribution in [1.29, 1.82) is 0 Å². The maximum Gasteiger partial charge on any atom is 0.316 e. The highest BCUT2D eigenvalue weighted by Crippen LogP contribution is 2.36. The van der Waals surface area contributed by atoms with E-state index in [0.717, 1.165) is 0 Å². The number of hydrogen-bond donors (Lipinski definition) is 8. The van der Waals surface area contributed by atoms with Gasteiger partial charge >= 0.3 is 5.97 Å². The number of thioether (sulfide) groups is 1. The van der Waals surface area contributed by atoms with Crippen LogP contribution in [0, 0.1) is 0 Å². The number of methoxy groups -OCH3 is 1. The van der Waals surface area contributed by atoms with Gasteiger partial charge < -0.3 is 59.8 Å². The first kappa shape index (κ1) is 27.6. The van der Waals surface area contributed by atoms with Crippen molar-refractivity contribution < 1.29 is 64.6 Å². The maximum atomic E-state index is 11.6. The van der Waals surface area contributed by atoms with E-state index in [1.165, 1.54) is 14.0 Å². The lowest BCUT2D eigenvalue weighted by molar-refractivity contribution is -0.345. The Kier molecular flexibility index (Phi) is 10.5. The molecule has 2 aliphatic heterocycles. The van der Waals surface area contributed by atoms with Crippen molar-refractivity contribution in [3.05, 3.63) is 0 Å². The normalized spacial score (nSPS) is 42.4. The molecule has 12 atom stereocenters. The zero-order valence-corrected chi connectivity index (χ0v) is 18.4. The predicted octanol–water partition coefficient (Wildman–Crippen LogP) is -3.78. The van der Waals surface area contributed by atoms with E-state index >= 15 is 0 Å². The molecule has 0 aliphatic carbocycles. The second kappa shape index (κ2) is 12.2. The lowest BCUT2D eigenvalue weighted by Gasteiger charge is -2.46. The summed E-state index contributed by atoms with van der Waals surface area (Å²) >= 11 is 0.672. The van der Waals surface area contributed by atoms with Gasteiger partial charge in [-0.05, 0) is 13.3 Å². The molecule has 8 N–H and O–H groups in total. The molecule has 32 heavy (non-hydrogen) atoms. The van der Waals surface area contributed by atoms with Crippen molar-refractivity contribution in [2.45, 2.75) is 85.3 Å². The minimum absolute atomic E-state index is 0.168. The van der Waals surface area contributed by atoms with Gasteiger partial charge in [-0.2, -0.15) is 0 Å². The minimum atomic E-state index is -1.64. The quantitative estimate of drug-likeness (QED) is 0.148. The Balaban J connectivity index is 2.22. The van der Waals surface area contributed by atoms with Crippen molar-refractivity contribution in [2.24, 2.45) is 0 Å². The fourth-order valence-electron chi connectivity index (χ4n) is 3.61. The summed E-state index contributed by atoms with van der Waals surface area (Å²) in [6.45, 7) is 0.0607. The third-order valence-corrected chi connectivity index (χ3v) is 6.91. The second-order valence-electron chi connectivity index (χ2n) is 7.76. The van der Waals surface area contributed by atoms with Gasteiger partial charge in [-0.15, -0.1) is 11.8 Å². The maximum absolute atomic E-state index is 11.6. The monoisotopic (exact) mass is 488 g/mol. The van der Waals surface area contributed by atoms with Crippen LogP contribution in [0.1, 0.15) is 13.3 Å². The number of carbonyl (C=O) groups is 1. The fraction of sp³-hybridized carbons (Fsp3) is 0.944. The van der Waals surface area contributed by atoms with E-state index in [2.05, 4.69) is 0 Å². The second-order valence-corrected chi connectivity index (χ2v) is 9.15. The summed E-state index contributed by atoms with van der Waals surface area (Å²) in [4.78, 5) is 11.6. The summed E-state index contributed by atoms with van der Waals surface area (Å²) in [7, 11) is 1.23. The van der Waals surface area contributed by atoms with Crippen LogP contribution in [0.2, 0.25) is 0 Å². The number of carboxylic acid groups (broad SMARTS) is 1. The molecule has 0 bridgehead atoms. The lowest BCUT2D eigenvalue weighted by Crippen LogP contribution is -2.64. The molecule has 13 nitrogen and oxygen atoms in total. The van der Waals surface area contributed by atoms with E-state index in [1.807, 2.05) is 0 Å². The SMILES string of the molecule is CO[C@@H]1O[C@H](CO)[C@@H](O[C@@H]2O[C@H](CO)[C@H](O)[C@H](SC(CC(C)O)C(=O)O)[C@H]2O)[C@H](O)[C@H]1O. The van der Waals surface area contributed by atoms with Gasteiger partial charge in [0.15, 0.2) is 12.6 Å². The topological polar surface area (TPSA) is 216 Å². The van der Waals surface area contributed by atoms with Crippen molar-refractivity contribution in [1.82, 2.24) is 0 Å². The smallest absolute Gasteiger partial charge is 0.316 e. The van der Waals surface area contributed by atoms with Gasteiger partial charge in [0.1, 0.15) is 41.9 Å². The van der Waals surface area contributed by atoms with E-state index in [0.29, 0.717) is 11.8 Å². The molecule has 2 heterocycles. The van der Waals surface area contributed by atoms with E-state index in [-0.39, 0.29) is 6.42 Å². The number of aliphatic carboxylic acids is 1. The average molecular weight is 489 g/mol. The molecule has 0 amide bonds. The van der Waals surface area contributed by atoms with Gasteiger partial charge in [-0.1, -0.05) is 0 Å². The van der Waals surface area contributed by atoms with Crippen molar-refractivity contribution in [3.8, 4) is 0 Å². The third kappa shape index (κ3) is 6.28. The van der Waals surface area contributed by atoms with E-state index in [1.54, 1.807) is 0 Å². The Morgan fingerprint density at radius 2 is 1.56 bits per heavy atom. The Labute approximate surface area is 188 Å². The van der Waals surface area contributed by atoms with Crippen molar-refractivity contribution in [2.75, 3.05) is 20.3 Å². The van der Waals surface area contributed by atoms with Crippen LogP contribution in [-0.2, 0) is 23.7 Å². The van der Waals surface area contributed by atoms with Gasteiger partial charge in [0.25, 0.3) is 0 Å². The van der Waals surface area contributed by atoms with E-state index in [4.69, 9.17) is 18.9 Å². The molecular formula is C18H32O13S. The zero-order chi connectivity index (χ0) is 24.2. The molecule has 2 rings (SSSR count). The summed E-state index contributed by atoms with van der Waals surface area (Å²) in [5, 5.41) is 77.6. The highest BCUT2D eigenvalue weighted by molar-refractivity contribution is 8.01. The van der Waals surface area contributed by atoms with Crippen molar-refractivity contribution >= 4 is 17.7 Å². The molecule has 2 saturated heterocycles. The molecule has 2 fully saturated rings. The Morgan fingerprint density at radius 3 is 2.06 bits per heavy atom. The van der Waals surface area contributed by atoms with Crippen LogP contribution in [-0.4, -0.2) is 139 Å². The molecule has 2 aliphatic rings.